The number of likely N-dealkylation sites (tertiary alicyclic amines) is 1. The molecule has 0 spiro atoms. The summed E-state index contributed by atoms with van der Waals surface area (Å²) in [5.74, 6) is -1.16. The van der Waals surface area contributed by atoms with Crippen molar-refractivity contribution >= 4 is 5.97 Å². The lowest BCUT2D eigenvalue weighted by molar-refractivity contribution is -0.158. The Hall–Kier alpha value is -2.28. The number of hydrogen-bond donors (Lipinski definition) is 1. The largest absolute Gasteiger partial charge is 0.481 e. The summed E-state index contributed by atoms with van der Waals surface area (Å²) in [6, 6.07) is 4.92. The normalized spacial score (nSPS) is 17.4. The summed E-state index contributed by atoms with van der Waals surface area (Å²) in [4.78, 5) is 16.8. The Bertz CT molecular complexity index is 666. The van der Waals surface area contributed by atoms with Crippen molar-refractivity contribution in [2.24, 2.45) is 5.41 Å². The van der Waals surface area contributed by atoms with Gasteiger partial charge in [-0.05, 0) is 24.6 Å². The van der Waals surface area contributed by atoms with Crippen molar-refractivity contribution in [2.75, 3.05) is 13.1 Å². The Morgan fingerprint density at radius 2 is 2.24 bits per heavy atom. The molecule has 0 radical (unpaired) electrons. The van der Waals surface area contributed by atoms with Gasteiger partial charge in [-0.25, -0.2) is 14.1 Å². The molecule has 110 valence electrons. The summed E-state index contributed by atoms with van der Waals surface area (Å²) in [6.07, 6.45) is 2.78. The van der Waals surface area contributed by atoms with Crippen LogP contribution in [0.15, 0.2) is 30.9 Å². The van der Waals surface area contributed by atoms with Gasteiger partial charge >= 0.3 is 5.97 Å². The monoisotopic (exact) mass is 290 g/mol. The fraction of sp³-hybridized carbons (Fsp3) is 0.357. The predicted molar refractivity (Wildman–Crippen MR) is 72.3 cm³/mol. The van der Waals surface area contributed by atoms with Gasteiger partial charge in [0, 0.05) is 19.6 Å². The zero-order chi connectivity index (χ0) is 15.0. The first kappa shape index (κ1) is 13.7. The summed E-state index contributed by atoms with van der Waals surface area (Å²) in [5.41, 5.74) is 0.471. The molecule has 1 aliphatic rings. The van der Waals surface area contributed by atoms with Gasteiger partial charge in [0.15, 0.2) is 0 Å². The maximum Gasteiger partial charge on any atom is 0.311 e. The molecule has 1 saturated heterocycles. The quantitative estimate of drug-likeness (QED) is 0.919. The lowest BCUT2D eigenvalue weighted by atomic mass is 9.82. The van der Waals surface area contributed by atoms with Crippen LogP contribution in [0.3, 0.4) is 0 Å². The highest BCUT2D eigenvalue weighted by Crippen LogP contribution is 2.31. The molecule has 2 heterocycles. The van der Waals surface area contributed by atoms with Gasteiger partial charge in [0.05, 0.1) is 5.41 Å². The van der Waals surface area contributed by atoms with Crippen LogP contribution in [0, 0.1) is 11.2 Å². The smallest absolute Gasteiger partial charge is 0.311 e. The van der Waals surface area contributed by atoms with E-state index >= 15 is 0 Å². The number of nitrogens with zero attached hydrogens (tertiary/aromatic N) is 4. The summed E-state index contributed by atoms with van der Waals surface area (Å²) >= 11 is 0. The van der Waals surface area contributed by atoms with Gasteiger partial charge in [-0.2, -0.15) is 5.10 Å². The zero-order valence-corrected chi connectivity index (χ0v) is 11.5. The first-order valence-corrected chi connectivity index (χ1v) is 6.57. The number of halogens is 1. The Labute approximate surface area is 120 Å². The van der Waals surface area contributed by atoms with Gasteiger partial charge in [0.2, 0.25) is 0 Å². The number of aromatic nitrogens is 3. The molecule has 0 saturated carbocycles. The molecule has 7 heteroatoms. The van der Waals surface area contributed by atoms with Gasteiger partial charge in [-0.1, -0.05) is 6.07 Å². The Balaban J connectivity index is 1.69. The van der Waals surface area contributed by atoms with E-state index in [1.165, 1.54) is 23.4 Å². The highest BCUT2D eigenvalue weighted by Gasteiger charge is 2.44. The van der Waals surface area contributed by atoms with Crippen LogP contribution in [-0.4, -0.2) is 43.8 Å². The first-order chi connectivity index (χ1) is 9.98. The molecular formula is C14H15FN4O2. The molecule has 0 unspecified atom stereocenters. The summed E-state index contributed by atoms with van der Waals surface area (Å²) in [5, 5.41) is 13.0. The first-order valence-electron chi connectivity index (χ1n) is 6.57. The zero-order valence-electron chi connectivity index (χ0n) is 11.5. The number of carbonyl (C=O) groups is 1. The molecule has 3 rings (SSSR count). The average Bonchev–Trinajstić information content (AvgIpc) is 2.90. The van der Waals surface area contributed by atoms with E-state index in [-0.39, 0.29) is 5.82 Å². The van der Waals surface area contributed by atoms with Gasteiger partial charge in [0.1, 0.15) is 24.2 Å². The fourth-order valence-corrected chi connectivity index (χ4v) is 2.61. The van der Waals surface area contributed by atoms with E-state index in [9.17, 15) is 9.18 Å². The maximum absolute atomic E-state index is 14.1. The van der Waals surface area contributed by atoms with Crippen LogP contribution >= 0.6 is 0 Å². The summed E-state index contributed by atoms with van der Waals surface area (Å²) < 4.78 is 15.4. The molecule has 1 aromatic carbocycles. The van der Waals surface area contributed by atoms with Crippen molar-refractivity contribution in [3.63, 3.8) is 0 Å². The number of benzene rings is 1. The van der Waals surface area contributed by atoms with E-state index < -0.39 is 11.4 Å². The predicted octanol–water partition coefficient (Wildman–Crippen LogP) is 1.31. The van der Waals surface area contributed by atoms with Crippen LogP contribution < -0.4 is 0 Å². The SMILES string of the molecule is CC1(C(=O)O)CN(Cc2ccc(-n3cncn3)c(F)c2)C1. The van der Waals surface area contributed by atoms with Gasteiger partial charge in [-0.15, -0.1) is 0 Å². The molecule has 0 bridgehead atoms. The van der Waals surface area contributed by atoms with Crippen molar-refractivity contribution in [1.29, 1.82) is 0 Å². The van der Waals surface area contributed by atoms with Crippen LogP contribution in [-0.2, 0) is 11.3 Å². The van der Waals surface area contributed by atoms with Gasteiger partial charge in [0.25, 0.3) is 0 Å². The number of aliphatic carboxylic acids is 1. The van der Waals surface area contributed by atoms with Crippen molar-refractivity contribution in [3.05, 3.63) is 42.2 Å². The van der Waals surface area contributed by atoms with Crippen LogP contribution in [0.4, 0.5) is 4.39 Å². The molecule has 1 N–H and O–H groups in total. The molecule has 1 aliphatic heterocycles. The molecule has 1 fully saturated rings. The summed E-state index contributed by atoms with van der Waals surface area (Å²) in [6.45, 7) is 3.22. The van der Waals surface area contributed by atoms with Crippen LogP contribution in [0.25, 0.3) is 5.69 Å². The lowest BCUT2D eigenvalue weighted by Crippen LogP contribution is -2.58. The second-order valence-electron chi connectivity index (χ2n) is 5.64. The highest BCUT2D eigenvalue weighted by molar-refractivity contribution is 5.76. The topological polar surface area (TPSA) is 71.2 Å². The molecule has 0 aliphatic carbocycles. The third-order valence-corrected chi connectivity index (χ3v) is 3.75. The second kappa shape index (κ2) is 4.92. The van der Waals surface area contributed by atoms with E-state index in [0.29, 0.717) is 25.3 Å². The standard InChI is InChI=1S/C14H15FN4O2/c1-14(13(20)21)6-18(7-14)5-10-2-3-12(11(15)4-10)19-9-16-8-17-19/h2-4,8-9H,5-7H2,1H3,(H,20,21). The van der Waals surface area contributed by atoms with Crippen molar-refractivity contribution in [1.82, 2.24) is 19.7 Å². The maximum atomic E-state index is 14.1. The Morgan fingerprint density at radius 3 is 2.81 bits per heavy atom. The fourth-order valence-electron chi connectivity index (χ4n) is 2.61. The molecule has 1 aromatic heterocycles. The van der Waals surface area contributed by atoms with Crippen LogP contribution in [0.1, 0.15) is 12.5 Å². The van der Waals surface area contributed by atoms with E-state index in [1.54, 1.807) is 13.0 Å². The molecule has 0 atom stereocenters. The van der Waals surface area contributed by atoms with Crippen molar-refractivity contribution < 1.29 is 14.3 Å². The summed E-state index contributed by atoms with van der Waals surface area (Å²) in [7, 11) is 0. The second-order valence-corrected chi connectivity index (χ2v) is 5.64. The van der Waals surface area contributed by atoms with Crippen molar-refractivity contribution in [2.45, 2.75) is 13.5 Å². The third kappa shape index (κ3) is 2.52. The molecule has 0 amide bonds. The minimum absolute atomic E-state index is 0.343. The van der Waals surface area contributed by atoms with E-state index in [4.69, 9.17) is 5.11 Å². The van der Waals surface area contributed by atoms with E-state index in [0.717, 1.165) is 5.56 Å². The lowest BCUT2D eigenvalue weighted by Gasteiger charge is -2.45. The molecule has 6 nitrogen and oxygen atoms in total. The molecule has 2 aromatic rings. The third-order valence-electron chi connectivity index (χ3n) is 3.75. The van der Waals surface area contributed by atoms with Crippen LogP contribution in [0.2, 0.25) is 0 Å². The molecular weight excluding hydrogens is 275 g/mol. The minimum atomic E-state index is -0.786. The van der Waals surface area contributed by atoms with E-state index in [1.807, 2.05) is 11.0 Å². The molecule has 21 heavy (non-hydrogen) atoms. The average molecular weight is 290 g/mol. The minimum Gasteiger partial charge on any atom is -0.481 e. The van der Waals surface area contributed by atoms with Gasteiger partial charge in [-0.3, -0.25) is 9.69 Å². The number of carboxylic acids is 1. The number of carboxylic acid groups (broad SMARTS) is 1. The number of hydrogen-bond acceptors (Lipinski definition) is 4. The highest BCUT2D eigenvalue weighted by atomic mass is 19.1. The Kier molecular flexibility index (Phi) is 3.21. The van der Waals surface area contributed by atoms with Gasteiger partial charge < -0.3 is 5.11 Å². The van der Waals surface area contributed by atoms with Crippen molar-refractivity contribution in [3.8, 4) is 5.69 Å². The Morgan fingerprint density at radius 1 is 1.48 bits per heavy atom. The van der Waals surface area contributed by atoms with Crippen LogP contribution in [0.5, 0.6) is 0 Å². The van der Waals surface area contributed by atoms with E-state index in [2.05, 4.69) is 10.1 Å². The number of rotatable bonds is 4.